The van der Waals surface area contributed by atoms with Crippen LogP contribution in [0.5, 0.6) is 0 Å². The lowest BCUT2D eigenvalue weighted by Gasteiger charge is -2.24. The van der Waals surface area contributed by atoms with Gasteiger partial charge in [0.2, 0.25) is 5.91 Å². The molecular formula is C18H17FN2O2. The molecule has 0 bridgehead atoms. The average molecular weight is 312 g/mol. The highest BCUT2D eigenvalue weighted by Gasteiger charge is 2.27. The molecule has 2 amide bonds. The highest BCUT2D eigenvalue weighted by molar-refractivity contribution is 6.06. The van der Waals surface area contributed by atoms with Crippen LogP contribution in [0.4, 0.5) is 10.1 Å². The Morgan fingerprint density at radius 2 is 1.91 bits per heavy atom. The molecule has 2 aromatic rings. The normalized spacial score (nSPS) is 17.2. The van der Waals surface area contributed by atoms with Gasteiger partial charge in [-0.1, -0.05) is 24.3 Å². The Labute approximate surface area is 133 Å². The number of para-hydroxylation sites is 1. The maximum absolute atomic E-state index is 13.0. The molecule has 23 heavy (non-hydrogen) atoms. The minimum Gasteiger partial charge on any atom is -0.348 e. The third kappa shape index (κ3) is 3.23. The summed E-state index contributed by atoms with van der Waals surface area (Å²) in [4.78, 5) is 26.5. The molecule has 1 N–H and O–H groups in total. The Hall–Kier alpha value is -2.69. The molecule has 1 aliphatic heterocycles. The first-order valence-electron chi connectivity index (χ1n) is 7.49. The van der Waals surface area contributed by atoms with Gasteiger partial charge in [-0.25, -0.2) is 4.39 Å². The van der Waals surface area contributed by atoms with Gasteiger partial charge in [-0.05, 0) is 36.8 Å². The van der Waals surface area contributed by atoms with Gasteiger partial charge in [0, 0.05) is 12.6 Å². The van der Waals surface area contributed by atoms with E-state index in [2.05, 4.69) is 5.32 Å². The van der Waals surface area contributed by atoms with Crippen LogP contribution in [0.15, 0.2) is 48.5 Å². The van der Waals surface area contributed by atoms with Crippen molar-refractivity contribution in [2.24, 2.45) is 0 Å². The molecule has 5 heteroatoms. The number of hydrogen-bond donors (Lipinski definition) is 1. The van der Waals surface area contributed by atoms with Gasteiger partial charge in [-0.2, -0.15) is 0 Å². The molecule has 2 aromatic carbocycles. The predicted molar refractivity (Wildman–Crippen MR) is 85.8 cm³/mol. The number of amides is 2. The number of hydrogen-bond acceptors (Lipinski definition) is 2. The molecule has 1 heterocycles. The Morgan fingerprint density at radius 1 is 1.22 bits per heavy atom. The molecule has 3 rings (SSSR count). The van der Waals surface area contributed by atoms with Crippen molar-refractivity contribution in [3.8, 4) is 0 Å². The average Bonchev–Trinajstić information content (AvgIpc) is 2.66. The van der Waals surface area contributed by atoms with E-state index in [1.54, 1.807) is 41.3 Å². The highest BCUT2D eigenvalue weighted by Crippen LogP contribution is 2.24. The molecule has 1 aliphatic rings. The number of fused-ring (bicyclic) bond motifs is 1. The van der Waals surface area contributed by atoms with Gasteiger partial charge in [0.1, 0.15) is 5.82 Å². The number of anilines is 1. The van der Waals surface area contributed by atoms with Crippen LogP contribution >= 0.6 is 0 Å². The van der Waals surface area contributed by atoms with Crippen molar-refractivity contribution >= 4 is 17.5 Å². The van der Waals surface area contributed by atoms with Crippen LogP contribution in [0.1, 0.15) is 22.8 Å². The topological polar surface area (TPSA) is 49.4 Å². The first-order valence-corrected chi connectivity index (χ1v) is 7.49. The van der Waals surface area contributed by atoms with Gasteiger partial charge in [0.25, 0.3) is 5.91 Å². The van der Waals surface area contributed by atoms with Crippen LogP contribution in [-0.2, 0) is 11.2 Å². The summed E-state index contributed by atoms with van der Waals surface area (Å²) in [6.45, 7) is 2.27. The number of carbonyl (C=O) groups is 2. The summed E-state index contributed by atoms with van der Waals surface area (Å²) in [6.07, 6.45) is 0.162. The minimum absolute atomic E-state index is 0.118. The molecule has 0 saturated heterocycles. The van der Waals surface area contributed by atoms with Crippen LogP contribution in [0.2, 0.25) is 0 Å². The van der Waals surface area contributed by atoms with Crippen molar-refractivity contribution in [1.82, 2.24) is 5.32 Å². The molecule has 118 valence electrons. The molecule has 0 aliphatic carbocycles. The second-order valence-electron chi connectivity index (χ2n) is 5.70. The minimum atomic E-state index is -0.329. The van der Waals surface area contributed by atoms with E-state index in [1.807, 2.05) is 6.92 Å². The van der Waals surface area contributed by atoms with Gasteiger partial charge in [-0.3, -0.25) is 9.59 Å². The SMILES string of the molecule is CC1CN(C(=O)Cc2ccc(F)cc2)c2ccccc2C(=O)N1. The third-order valence-electron chi connectivity index (χ3n) is 3.84. The van der Waals surface area contributed by atoms with Gasteiger partial charge in [-0.15, -0.1) is 0 Å². The first kappa shape index (κ1) is 15.2. The van der Waals surface area contributed by atoms with Crippen LogP contribution < -0.4 is 10.2 Å². The number of benzene rings is 2. The smallest absolute Gasteiger partial charge is 0.253 e. The van der Waals surface area contributed by atoms with Crippen LogP contribution in [0.25, 0.3) is 0 Å². The fourth-order valence-electron chi connectivity index (χ4n) is 2.73. The van der Waals surface area contributed by atoms with Gasteiger partial charge >= 0.3 is 0 Å². The molecule has 0 saturated carbocycles. The second kappa shape index (κ2) is 6.20. The molecule has 1 atom stereocenters. The summed E-state index contributed by atoms with van der Waals surface area (Å²) in [5, 5.41) is 2.87. The zero-order chi connectivity index (χ0) is 16.4. The molecule has 4 nitrogen and oxygen atoms in total. The number of nitrogens with one attached hydrogen (secondary N) is 1. The third-order valence-corrected chi connectivity index (χ3v) is 3.84. The van der Waals surface area contributed by atoms with E-state index < -0.39 is 0 Å². The van der Waals surface area contributed by atoms with Crippen molar-refractivity contribution in [3.63, 3.8) is 0 Å². The fourth-order valence-corrected chi connectivity index (χ4v) is 2.73. The number of rotatable bonds is 2. The maximum Gasteiger partial charge on any atom is 0.253 e. The number of nitrogens with zero attached hydrogens (tertiary/aromatic N) is 1. The molecule has 0 aromatic heterocycles. The Bertz CT molecular complexity index is 743. The van der Waals surface area contributed by atoms with E-state index in [9.17, 15) is 14.0 Å². The Kier molecular flexibility index (Phi) is 4.10. The predicted octanol–water partition coefficient (Wildman–Crippen LogP) is 2.53. The summed E-state index contributed by atoms with van der Waals surface area (Å²) in [7, 11) is 0. The summed E-state index contributed by atoms with van der Waals surface area (Å²) in [5.74, 6) is -0.623. The molecule has 1 unspecified atom stereocenters. The van der Waals surface area contributed by atoms with Crippen molar-refractivity contribution in [1.29, 1.82) is 0 Å². The van der Waals surface area contributed by atoms with Crippen molar-refractivity contribution in [2.45, 2.75) is 19.4 Å². The van der Waals surface area contributed by atoms with Crippen LogP contribution in [0, 0.1) is 5.82 Å². The zero-order valence-electron chi connectivity index (χ0n) is 12.8. The van der Waals surface area contributed by atoms with E-state index in [4.69, 9.17) is 0 Å². The summed E-state index contributed by atoms with van der Waals surface area (Å²) < 4.78 is 13.0. The molecule has 0 radical (unpaired) electrons. The highest BCUT2D eigenvalue weighted by atomic mass is 19.1. The zero-order valence-corrected chi connectivity index (χ0v) is 12.8. The van der Waals surface area contributed by atoms with Crippen LogP contribution in [-0.4, -0.2) is 24.4 Å². The second-order valence-corrected chi connectivity index (χ2v) is 5.70. The Morgan fingerprint density at radius 3 is 2.65 bits per heavy atom. The summed E-state index contributed by atoms with van der Waals surface area (Å²) in [6, 6.07) is 12.8. The molecule has 0 fully saturated rings. The Balaban J connectivity index is 1.90. The van der Waals surface area contributed by atoms with E-state index in [0.29, 0.717) is 17.8 Å². The number of halogens is 1. The van der Waals surface area contributed by atoms with Gasteiger partial charge in [0.05, 0.1) is 17.7 Å². The lowest BCUT2D eigenvalue weighted by atomic mass is 10.1. The van der Waals surface area contributed by atoms with Crippen molar-refractivity contribution in [2.75, 3.05) is 11.4 Å². The molecule has 0 spiro atoms. The monoisotopic (exact) mass is 312 g/mol. The lowest BCUT2D eigenvalue weighted by molar-refractivity contribution is -0.118. The molecular weight excluding hydrogens is 295 g/mol. The largest absolute Gasteiger partial charge is 0.348 e. The fraction of sp³-hybridized carbons (Fsp3) is 0.222. The first-order chi connectivity index (χ1) is 11.0. The van der Waals surface area contributed by atoms with E-state index in [1.165, 1.54) is 12.1 Å². The van der Waals surface area contributed by atoms with Gasteiger partial charge in [0.15, 0.2) is 0 Å². The lowest BCUT2D eigenvalue weighted by Crippen LogP contribution is -2.41. The standard InChI is InChI=1S/C18H17FN2O2/c1-12-11-21(16-5-3-2-4-15(16)18(23)20-12)17(22)10-13-6-8-14(19)9-7-13/h2-9,12H,10-11H2,1H3,(H,20,23). The number of carbonyl (C=O) groups excluding carboxylic acids is 2. The van der Waals surface area contributed by atoms with E-state index >= 15 is 0 Å². The van der Waals surface area contributed by atoms with Gasteiger partial charge < -0.3 is 10.2 Å². The quantitative estimate of drug-likeness (QED) is 0.926. The maximum atomic E-state index is 13.0. The van der Waals surface area contributed by atoms with Crippen LogP contribution in [0.3, 0.4) is 0 Å². The van der Waals surface area contributed by atoms with E-state index in [-0.39, 0.29) is 30.1 Å². The summed E-state index contributed by atoms with van der Waals surface area (Å²) in [5.41, 5.74) is 1.84. The van der Waals surface area contributed by atoms with Crippen molar-refractivity contribution in [3.05, 3.63) is 65.5 Å². The van der Waals surface area contributed by atoms with E-state index in [0.717, 1.165) is 5.56 Å². The summed E-state index contributed by atoms with van der Waals surface area (Å²) >= 11 is 0. The van der Waals surface area contributed by atoms with Crippen molar-refractivity contribution < 1.29 is 14.0 Å².